The zero-order valence-electron chi connectivity index (χ0n) is 12.3. The van der Waals surface area contributed by atoms with Crippen LogP contribution in [0.3, 0.4) is 0 Å². The van der Waals surface area contributed by atoms with Crippen molar-refractivity contribution in [2.45, 2.75) is 38.1 Å². The van der Waals surface area contributed by atoms with Crippen molar-refractivity contribution in [2.24, 2.45) is 5.84 Å². The molecule has 0 amide bonds. The molecule has 3 N–H and O–H groups in total. The lowest BCUT2D eigenvalue weighted by molar-refractivity contribution is 0.388. The van der Waals surface area contributed by atoms with Gasteiger partial charge in [0.05, 0.1) is 20.3 Å². The molecule has 4 nitrogen and oxygen atoms in total. The molecule has 0 saturated carbocycles. The second-order valence-electron chi connectivity index (χ2n) is 5.14. The summed E-state index contributed by atoms with van der Waals surface area (Å²) in [4.78, 5) is 0. The van der Waals surface area contributed by atoms with Crippen LogP contribution in [0.25, 0.3) is 0 Å². The van der Waals surface area contributed by atoms with E-state index in [0.29, 0.717) is 0 Å². The molecule has 0 aromatic heterocycles. The highest BCUT2D eigenvalue weighted by Crippen LogP contribution is 2.34. The highest BCUT2D eigenvalue weighted by atomic mass is 16.5. The fourth-order valence-electron chi connectivity index (χ4n) is 2.72. The van der Waals surface area contributed by atoms with Gasteiger partial charge in [0.15, 0.2) is 0 Å². The van der Waals surface area contributed by atoms with E-state index in [4.69, 9.17) is 15.3 Å². The topological polar surface area (TPSA) is 56.5 Å². The van der Waals surface area contributed by atoms with E-state index in [1.165, 1.54) is 31.3 Å². The van der Waals surface area contributed by atoms with Gasteiger partial charge in [-0.25, -0.2) is 0 Å². The molecule has 1 aromatic rings. The highest BCUT2D eigenvalue weighted by molar-refractivity contribution is 5.42. The van der Waals surface area contributed by atoms with Crippen LogP contribution in [-0.2, 0) is 0 Å². The monoisotopic (exact) mass is 276 g/mol. The van der Waals surface area contributed by atoms with E-state index >= 15 is 0 Å². The van der Waals surface area contributed by atoms with Gasteiger partial charge in [-0.2, -0.15) is 0 Å². The summed E-state index contributed by atoms with van der Waals surface area (Å²) in [6, 6.07) is 5.86. The molecule has 0 fully saturated rings. The van der Waals surface area contributed by atoms with Crippen molar-refractivity contribution in [3.63, 3.8) is 0 Å². The Kier molecular flexibility index (Phi) is 5.44. The van der Waals surface area contributed by atoms with Gasteiger partial charge in [-0.05, 0) is 50.3 Å². The first-order valence-corrected chi connectivity index (χ1v) is 7.14. The van der Waals surface area contributed by atoms with Crippen LogP contribution < -0.4 is 20.7 Å². The Morgan fingerprint density at radius 2 is 2.10 bits per heavy atom. The second-order valence-corrected chi connectivity index (χ2v) is 5.14. The molecule has 0 heterocycles. The number of ether oxygens (including phenoxy) is 2. The first kappa shape index (κ1) is 14.9. The van der Waals surface area contributed by atoms with Crippen LogP contribution in [0.1, 0.15) is 43.7 Å². The maximum absolute atomic E-state index is 5.76. The number of allylic oxidation sites excluding steroid dienone is 1. The van der Waals surface area contributed by atoms with Crippen molar-refractivity contribution in [1.29, 1.82) is 0 Å². The molecule has 2 rings (SSSR count). The summed E-state index contributed by atoms with van der Waals surface area (Å²) in [6.45, 7) is 0. The third kappa shape index (κ3) is 3.52. The molecule has 0 spiro atoms. The third-order valence-corrected chi connectivity index (χ3v) is 3.86. The van der Waals surface area contributed by atoms with Crippen molar-refractivity contribution in [3.05, 3.63) is 35.4 Å². The van der Waals surface area contributed by atoms with E-state index in [1.807, 2.05) is 18.2 Å². The zero-order valence-corrected chi connectivity index (χ0v) is 12.3. The summed E-state index contributed by atoms with van der Waals surface area (Å²) < 4.78 is 10.7. The molecule has 1 aliphatic carbocycles. The van der Waals surface area contributed by atoms with Gasteiger partial charge in [0.1, 0.15) is 11.5 Å². The number of nitrogens with two attached hydrogens (primary N) is 1. The summed E-state index contributed by atoms with van der Waals surface area (Å²) in [7, 11) is 3.35. The van der Waals surface area contributed by atoms with Crippen LogP contribution in [0.5, 0.6) is 11.5 Å². The Balaban J connectivity index is 2.23. The zero-order chi connectivity index (χ0) is 14.4. The predicted molar refractivity (Wildman–Crippen MR) is 80.8 cm³/mol. The molecule has 1 aromatic carbocycles. The van der Waals surface area contributed by atoms with Crippen molar-refractivity contribution in [2.75, 3.05) is 14.2 Å². The number of nitrogens with one attached hydrogen (secondary N) is 1. The molecule has 1 atom stereocenters. The standard InChI is InChI=1S/C16H24N2O2/c1-19-13-8-9-16(20-2)14(11-13)15(18-17)10-12-6-4-3-5-7-12/h6,8-9,11,15,18H,3-5,7,10,17H2,1-2H3. The van der Waals surface area contributed by atoms with Crippen molar-refractivity contribution >= 4 is 0 Å². The van der Waals surface area contributed by atoms with Gasteiger partial charge in [-0.15, -0.1) is 0 Å². The summed E-state index contributed by atoms with van der Waals surface area (Å²) >= 11 is 0. The van der Waals surface area contributed by atoms with Crippen LogP contribution in [0.4, 0.5) is 0 Å². The number of hydrogen-bond donors (Lipinski definition) is 2. The van der Waals surface area contributed by atoms with E-state index in [1.54, 1.807) is 14.2 Å². The Morgan fingerprint density at radius 3 is 2.70 bits per heavy atom. The van der Waals surface area contributed by atoms with Crippen LogP contribution in [-0.4, -0.2) is 14.2 Å². The Hall–Kier alpha value is -1.52. The van der Waals surface area contributed by atoms with Crippen molar-refractivity contribution < 1.29 is 9.47 Å². The minimum atomic E-state index is 0.0457. The average molecular weight is 276 g/mol. The fourth-order valence-corrected chi connectivity index (χ4v) is 2.72. The summed E-state index contributed by atoms with van der Waals surface area (Å²) in [5.41, 5.74) is 5.43. The number of benzene rings is 1. The normalized spacial score (nSPS) is 16.4. The van der Waals surface area contributed by atoms with Gasteiger partial charge in [-0.3, -0.25) is 11.3 Å². The molecule has 0 radical (unpaired) electrons. The molecule has 0 aliphatic heterocycles. The first-order chi connectivity index (χ1) is 9.78. The first-order valence-electron chi connectivity index (χ1n) is 7.14. The maximum atomic E-state index is 5.76. The van der Waals surface area contributed by atoms with Crippen molar-refractivity contribution in [1.82, 2.24) is 5.43 Å². The second kappa shape index (κ2) is 7.31. The maximum Gasteiger partial charge on any atom is 0.123 e. The van der Waals surface area contributed by atoms with Gasteiger partial charge >= 0.3 is 0 Å². The molecule has 20 heavy (non-hydrogen) atoms. The van der Waals surface area contributed by atoms with Crippen LogP contribution in [0.15, 0.2) is 29.8 Å². The Morgan fingerprint density at radius 1 is 1.25 bits per heavy atom. The molecule has 1 unspecified atom stereocenters. The molecular formula is C16H24N2O2. The molecule has 110 valence electrons. The molecule has 4 heteroatoms. The minimum absolute atomic E-state index is 0.0457. The van der Waals surface area contributed by atoms with Crippen LogP contribution in [0, 0.1) is 0 Å². The largest absolute Gasteiger partial charge is 0.497 e. The molecule has 1 aliphatic rings. The number of hydrogen-bond acceptors (Lipinski definition) is 4. The Labute approximate surface area is 120 Å². The van der Waals surface area contributed by atoms with Gasteiger partial charge in [-0.1, -0.05) is 11.6 Å². The highest BCUT2D eigenvalue weighted by Gasteiger charge is 2.18. The lowest BCUT2D eigenvalue weighted by Gasteiger charge is -2.22. The molecular weight excluding hydrogens is 252 g/mol. The van der Waals surface area contributed by atoms with Gasteiger partial charge in [0.2, 0.25) is 0 Å². The molecule has 0 saturated heterocycles. The van der Waals surface area contributed by atoms with E-state index in [-0.39, 0.29) is 6.04 Å². The quantitative estimate of drug-likeness (QED) is 0.476. The van der Waals surface area contributed by atoms with E-state index in [2.05, 4.69) is 11.5 Å². The summed E-state index contributed by atoms with van der Waals surface area (Å²) in [5.74, 6) is 7.42. The lowest BCUT2D eigenvalue weighted by atomic mass is 9.91. The van der Waals surface area contributed by atoms with E-state index in [9.17, 15) is 0 Å². The minimum Gasteiger partial charge on any atom is -0.497 e. The van der Waals surface area contributed by atoms with E-state index < -0.39 is 0 Å². The van der Waals surface area contributed by atoms with Gasteiger partial charge < -0.3 is 9.47 Å². The fraction of sp³-hybridized carbons (Fsp3) is 0.500. The summed E-state index contributed by atoms with van der Waals surface area (Å²) in [6.07, 6.45) is 8.19. The number of methoxy groups -OCH3 is 2. The molecule has 0 bridgehead atoms. The average Bonchev–Trinajstić information content (AvgIpc) is 2.53. The van der Waals surface area contributed by atoms with Crippen LogP contribution >= 0.6 is 0 Å². The Bertz CT molecular complexity index is 472. The lowest BCUT2D eigenvalue weighted by Crippen LogP contribution is -2.29. The third-order valence-electron chi connectivity index (χ3n) is 3.86. The number of rotatable bonds is 6. The van der Waals surface area contributed by atoms with Gasteiger partial charge in [0.25, 0.3) is 0 Å². The summed E-state index contributed by atoms with van der Waals surface area (Å²) in [5, 5.41) is 0. The van der Waals surface area contributed by atoms with Gasteiger partial charge in [0, 0.05) is 5.56 Å². The predicted octanol–water partition coefficient (Wildman–Crippen LogP) is 3.10. The smallest absolute Gasteiger partial charge is 0.123 e. The number of hydrazine groups is 1. The van der Waals surface area contributed by atoms with Crippen molar-refractivity contribution in [3.8, 4) is 11.5 Å². The van der Waals surface area contributed by atoms with Crippen LogP contribution in [0.2, 0.25) is 0 Å². The SMILES string of the molecule is COc1ccc(OC)c(C(CC2=CCCCC2)NN)c1. The van der Waals surface area contributed by atoms with E-state index in [0.717, 1.165) is 23.5 Å².